The second-order valence-electron chi connectivity index (χ2n) is 5.19. The Labute approximate surface area is 147 Å². The molecule has 0 radical (unpaired) electrons. The molecule has 1 aromatic heterocycles. The highest BCUT2D eigenvalue weighted by Gasteiger charge is 2.04. The van der Waals surface area contributed by atoms with Gasteiger partial charge in [0, 0.05) is 37.1 Å². The molecule has 2 N–H and O–H groups in total. The SMILES string of the molecule is CN=C(NCCCOC)NCc1ccc(-c2ccc(OC)cc2)s1. The molecular weight excluding hydrogens is 322 g/mol. The summed E-state index contributed by atoms with van der Waals surface area (Å²) in [4.78, 5) is 6.74. The van der Waals surface area contributed by atoms with Gasteiger partial charge in [-0.15, -0.1) is 11.3 Å². The minimum absolute atomic E-state index is 0.750. The van der Waals surface area contributed by atoms with Crippen LogP contribution >= 0.6 is 11.3 Å². The predicted molar refractivity (Wildman–Crippen MR) is 101 cm³/mol. The van der Waals surface area contributed by atoms with Gasteiger partial charge in [-0.05, 0) is 48.4 Å². The van der Waals surface area contributed by atoms with Crippen LogP contribution in [0.3, 0.4) is 0 Å². The predicted octanol–water partition coefficient (Wildman–Crippen LogP) is 3.13. The molecule has 0 aliphatic heterocycles. The van der Waals surface area contributed by atoms with E-state index in [9.17, 15) is 0 Å². The molecular formula is C18H25N3O2S. The third-order valence-corrected chi connectivity index (χ3v) is 4.64. The van der Waals surface area contributed by atoms with Gasteiger partial charge >= 0.3 is 0 Å². The molecule has 0 saturated heterocycles. The van der Waals surface area contributed by atoms with Crippen LogP contribution in [-0.2, 0) is 11.3 Å². The topological polar surface area (TPSA) is 54.9 Å². The van der Waals surface area contributed by atoms with E-state index in [1.165, 1.54) is 15.3 Å². The first-order valence-corrected chi connectivity index (χ1v) is 8.75. The van der Waals surface area contributed by atoms with Gasteiger partial charge in [0.1, 0.15) is 5.75 Å². The van der Waals surface area contributed by atoms with Crippen molar-refractivity contribution in [1.29, 1.82) is 0 Å². The monoisotopic (exact) mass is 347 g/mol. The second-order valence-corrected chi connectivity index (χ2v) is 6.36. The van der Waals surface area contributed by atoms with Gasteiger partial charge in [-0.25, -0.2) is 0 Å². The van der Waals surface area contributed by atoms with Crippen molar-refractivity contribution in [2.24, 2.45) is 4.99 Å². The van der Waals surface area contributed by atoms with Gasteiger partial charge in [-0.2, -0.15) is 0 Å². The molecule has 0 amide bonds. The van der Waals surface area contributed by atoms with Crippen molar-refractivity contribution in [3.8, 4) is 16.2 Å². The van der Waals surface area contributed by atoms with Crippen LogP contribution in [0, 0.1) is 0 Å². The van der Waals surface area contributed by atoms with Gasteiger partial charge < -0.3 is 20.1 Å². The normalized spacial score (nSPS) is 11.4. The van der Waals surface area contributed by atoms with Crippen LogP contribution in [0.25, 0.3) is 10.4 Å². The summed E-state index contributed by atoms with van der Waals surface area (Å²) in [5, 5.41) is 6.61. The lowest BCUT2D eigenvalue weighted by atomic mass is 10.2. The Hall–Kier alpha value is -2.05. The van der Waals surface area contributed by atoms with Crippen molar-refractivity contribution in [3.63, 3.8) is 0 Å². The first-order chi connectivity index (χ1) is 11.8. The highest BCUT2D eigenvalue weighted by molar-refractivity contribution is 7.15. The molecule has 0 spiro atoms. The summed E-state index contributed by atoms with van der Waals surface area (Å²) in [6.45, 7) is 2.35. The van der Waals surface area contributed by atoms with E-state index in [1.54, 1.807) is 32.6 Å². The summed E-state index contributed by atoms with van der Waals surface area (Å²) in [5.74, 6) is 1.69. The Balaban J connectivity index is 1.86. The average Bonchev–Trinajstić information content (AvgIpc) is 3.10. The van der Waals surface area contributed by atoms with E-state index >= 15 is 0 Å². The number of aliphatic imine (C=N–C) groups is 1. The Bertz CT molecular complexity index is 638. The molecule has 130 valence electrons. The maximum atomic E-state index is 5.20. The number of nitrogens with zero attached hydrogens (tertiary/aromatic N) is 1. The van der Waals surface area contributed by atoms with Gasteiger partial charge in [0.15, 0.2) is 5.96 Å². The summed E-state index contributed by atoms with van der Waals surface area (Å²) < 4.78 is 10.2. The van der Waals surface area contributed by atoms with Gasteiger partial charge in [0.2, 0.25) is 0 Å². The fourth-order valence-electron chi connectivity index (χ4n) is 2.20. The second kappa shape index (κ2) is 9.95. The van der Waals surface area contributed by atoms with Crippen molar-refractivity contribution >= 4 is 17.3 Å². The van der Waals surface area contributed by atoms with E-state index in [1.807, 2.05) is 12.1 Å². The molecule has 0 atom stereocenters. The molecule has 2 aromatic rings. The average molecular weight is 347 g/mol. The fourth-order valence-corrected chi connectivity index (χ4v) is 3.15. The summed E-state index contributed by atoms with van der Waals surface area (Å²) in [7, 11) is 5.17. The zero-order valence-corrected chi connectivity index (χ0v) is 15.3. The Kier molecular flexibility index (Phi) is 7.58. The number of rotatable bonds is 8. The van der Waals surface area contributed by atoms with Crippen LogP contribution in [0.1, 0.15) is 11.3 Å². The molecule has 0 aliphatic rings. The van der Waals surface area contributed by atoms with Crippen molar-refractivity contribution < 1.29 is 9.47 Å². The number of hydrogen-bond donors (Lipinski definition) is 2. The molecule has 0 unspecified atom stereocenters. The van der Waals surface area contributed by atoms with Gasteiger partial charge in [-0.3, -0.25) is 4.99 Å². The highest BCUT2D eigenvalue weighted by Crippen LogP contribution is 2.29. The van der Waals surface area contributed by atoms with Crippen molar-refractivity contribution in [2.45, 2.75) is 13.0 Å². The highest BCUT2D eigenvalue weighted by atomic mass is 32.1. The Morgan fingerprint density at radius 1 is 1.08 bits per heavy atom. The number of guanidine groups is 1. The summed E-state index contributed by atoms with van der Waals surface area (Å²) in [6.07, 6.45) is 0.956. The minimum Gasteiger partial charge on any atom is -0.497 e. The summed E-state index contributed by atoms with van der Waals surface area (Å²) in [5.41, 5.74) is 1.20. The van der Waals surface area contributed by atoms with Crippen LogP contribution in [0.5, 0.6) is 5.75 Å². The Morgan fingerprint density at radius 3 is 2.54 bits per heavy atom. The third kappa shape index (κ3) is 5.54. The van der Waals surface area contributed by atoms with Crippen molar-refractivity contribution in [2.75, 3.05) is 34.4 Å². The maximum absolute atomic E-state index is 5.20. The molecule has 1 aromatic carbocycles. The van der Waals surface area contributed by atoms with Crippen LogP contribution in [0.15, 0.2) is 41.4 Å². The van der Waals surface area contributed by atoms with E-state index in [0.717, 1.165) is 37.8 Å². The molecule has 0 aliphatic carbocycles. The largest absolute Gasteiger partial charge is 0.497 e. The maximum Gasteiger partial charge on any atom is 0.191 e. The van der Waals surface area contributed by atoms with E-state index in [0.29, 0.717) is 0 Å². The number of benzene rings is 1. The molecule has 2 rings (SSSR count). The number of hydrogen-bond acceptors (Lipinski definition) is 4. The van der Waals surface area contributed by atoms with E-state index in [-0.39, 0.29) is 0 Å². The summed E-state index contributed by atoms with van der Waals surface area (Å²) in [6, 6.07) is 12.4. The molecule has 1 heterocycles. The molecule has 6 heteroatoms. The van der Waals surface area contributed by atoms with Gasteiger partial charge in [-0.1, -0.05) is 0 Å². The first kappa shape index (κ1) is 18.3. The lowest BCUT2D eigenvalue weighted by Crippen LogP contribution is -2.37. The van der Waals surface area contributed by atoms with E-state index < -0.39 is 0 Å². The van der Waals surface area contributed by atoms with Gasteiger partial charge in [0.05, 0.1) is 13.7 Å². The zero-order valence-electron chi connectivity index (χ0n) is 14.5. The lowest BCUT2D eigenvalue weighted by molar-refractivity contribution is 0.195. The zero-order chi connectivity index (χ0) is 17.2. The lowest BCUT2D eigenvalue weighted by Gasteiger charge is -2.10. The third-order valence-electron chi connectivity index (χ3n) is 3.51. The fraction of sp³-hybridized carbons (Fsp3) is 0.389. The van der Waals surface area contributed by atoms with E-state index in [4.69, 9.17) is 9.47 Å². The number of thiophene rings is 1. The van der Waals surface area contributed by atoms with Crippen LogP contribution in [0.4, 0.5) is 0 Å². The number of nitrogens with one attached hydrogen (secondary N) is 2. The number of ether oxygens (including phenoxy) is 2. The first-order valence-electron chi connectivity index (χ1n) is 7.93. The Morgan fingerprint density at radius 2 is 1.88 bits per heavy atom. The van der Waals surface area contributed by atoms with Gasteiger partial charge in [0.25, 0.3) is 0 Å². The van der Waals surface area contributed by atoms with Crippen LogP contribution < -0.4 is 15.4 Å². The summed E-state index contributed by atoms with van der Waals surface area (Å²) >= 11 is 1.78. The van der Waals surface area contributed by atoms with Crippen LogP contribution in [0.2, 0.25) is 0 Å². The molecule has 5 nitrogen and oxygen atoms in total. The standard InChI is InChI=1S/C18H25N3O2S/c1-19-18(20-11-4-12-22-2)21-13-16-9-10-17(24-16)14-5-7-15(23-3)8-6-14/h5-10H,4,11-13H2,1-3H3,(H2,19,20,21). The number of methoxy groups -OCH3 is 2. The minimum atomic E-state index is 0.750. The molecule has 0 fully saturated rings. The van der Waals surface area contributed by atoms with E-state index in [2.05, 4.69) is 39.9 Å². The van der Waals surface area contributed by atoms with Crippen LogP contribution in [-0.4, -0.2) is 40.4 Å². The smallest absolute Gasteiger partial charge is 0.191 e. The van der Waals surface area contributed by atoms with Crippen molar-refractivity contribution in [1.82, 2.24) is 10.6 Å². The molecule has 0 saturated carbocycles. The van der Waals surface area contributed by atoms with Crippen molar-refractivity contribution in [3.05, 3.63) is 41.3 Å². The molecule has 24 heavy (non-hydrogen) atoms. The molecule has 0 bridgehead atoms. The quantitative estimate of drug-likeness (QED) is 0.438.